The quantitative estimate of drug-likeness (QED) is 0.546. The lowest BCUT2D eigenvalue weighted by atomic mass is 10.1. The Morgan fingerprint density at radius 3 is 2.62 bits per heavy atom. The molecule has 29 heavy (non-hydrogen) atoms. The van der Waals surface area contributed by atoms with Crippen molar-refractivity contribution in [3.05, 3.63) is 65.7 Å². The van der Waals surface area contributed by atoms with Crippen molar-refractivity contribution in [2.75, 3.05) is 26.3 Å². The lowest BCUT2D eigenvalue weighted by Crippen LogP contribution is -2.40. The summed E-state index contributed by atoms with van der Waals surface area (Å²) >= 11 is 0. The first-order valence-corrected chi connectivity index (χ1v) is 9.59. The van der Waals surface area contributed by atoms with Crippen molar-refractivity contribution in [3.8, 4) is 11.3 Å². The van der Waals surface area contributed by atoms with Crippen LogP contribution in [0.2, 0.25) is 0 Å². The number of carbonyl (C=O) groups is 2. The average molecular weight is 385 g/mol. The maximum Gasteiger partial charge on any atom is 0.254 e. The molecule has 4 aromatic rings. The Hall–Kier alpha value is -3.51. The van der Waals surface area contributed by atoms with Gasteiger partial charge in [0.2, 0.25) is 0 Å². The number of aromatic amines is 1. The first kappa shape index (κ1) is 17.6. The summed E-state index contributed by atoms with van der Waals surface area (Å²) in [6.07, 6.45) is 0.839. The standard InChI is InChI=1S/C23H19N3O3/c27-14-17-13-19(15-4-2-1-3-5-15)24-22-18-7-6-16(12-20(18)25-21(17)22)23(28)26-8-10-29-11-9-26/h1-7,12-14,25H,8-11H2. The van der Waals surface area contributed by atoms with Crippen molar-refractivity contribution in [1.29, 1.82) is 0 Å². The summed E-state index contributed by atoms with van der Waals surface area (Å²) in [5.74, 6) is -0.0117. The van der Waals surface area contributed by atoms with E-state index in [0.29, 0.717) is 42.9 Å². The molecule has 6 nitrogen and oxygen atoms in total. The number of aromatic nitrogens is 2. The molecule has 1 aliphatic rings. The zero-order chi connectivity index (χ0) is 19.8. The van der Waals surface area contributed by atoms with Crippen LogP contribution in [0.4, 0.5) is 0 Å². The largest absolute Gasteiger partial charge is 0.378 e. The van der Waals surface area contributed by atoms with E-state index >= 15 is 0 Å². The van der Waals surface area contributed by atoms with Gasteiger partial charge in [-0.05, 0) is 24.3 Å². The molecule has 0 saturated carbocycles. The molecule has 2 aromatic carbocycles. The summed E-state index contributed by atoms with van der Waals surface area (Å²) in [6, 6.07) is 17.1. The Labute approximate surface area is 167 Å². The van der Waals surface area contributed by atoms with E-state index < -0.39 is 0 Å². The molecule has 6 heteroatoms. The summed E-state index contributed by atoms with van der Waals surface area (Å²) in [4.78, 5) is 34.4. The number of rotatable bonds is 3. The van der Waals surface area contributed by atoms with Gasteiger partial charge in [0.05, 0.1) is 29.9 Å². The third kappa shape index (κ3) is 3.07. The molecule has 0 aliphatic carbocycles. The van der Waals surface area contributed by atoms with Crippen molar-refractivity contribution in [2.24, 2.45) is 0 Å². The van der Waals surface area contributed by atoms with Crippen LogP contribution in [-0.2, 0) is 4.74 Å². The highest BCUT2D eigenvalue weighted by atomic mass is 16.5. The summed E-state index contributed by atoms with van der Waals surface area (Å²) in [6.45, 7) is 2.33. The van der Waals surface area contributed by atoms with Gasteiger partial charge in [-0.25, -0.2) is 4.98 Å². The fourth-order valence-corrected chi connectivity index (χ4v) is 3.81. The molecule has 0 atom stereocenters. The van der Waals surface area contributed by atoms with E-state index in [-0.39, 0.29) is 5.91 Å². The van der Waals surface area contributed by atoms with E-state index in [1.165, 1.54) is 0 Å². The van der Waals surface area contributed by atoms with Gasteiger partial charge in [-0.2, -0.15) is 0 Å². The SMILES string of the molecule is O=Cc1cc(-c2ccccc2)nc2c1[nH]c1cc(C(=O)N3CCOCC3)ccc12. The van der Waals surface area contributed by atoms with Gasteiger partial charge in [0.15, 0.2) is 6.29 Å². The summed E-state index contributed by atoms with van der Waals surface area (Å²) in [5, 5.41) is 0.888. The highest BCUT2D eigenvalue weighted by Crippen LogP contribution is 2.30. The summed E-state index contributed by atoms with van der Waals surface area (Å²) in [5.41, 5.74) is 5.06. The molecule has 1 amide bonds. The minimum atomic E-state index is -0.0117. The lowest BCUT2D eigenvalue weighted by Gasteiger charge is -2.26. The minimum Gasteiger partial charge on any atom is -0.378 e. The number of aldehydes is 1. The van der Waals surface area contributed by atoms with Crippen LogP contribution in [0.1, 0.15) is 20.7 Å². The maximum absolute atomic E-state index is 12.8. The van der Waals surface area contributed by atoms with E-state index in [1.807, 2.05) is 48.5 Å². The average Bonchev–Trinajstić information content (AvgIpc) is 3.17. The van der Waals surface area contributed by atoms with Crippen LogP contribution in [0.15, 0.2) is 54.6 Å². The second-order valence-electron chi connectivity index (χ2n) is 7.09. The molecule has 0 spiro atoms. The predicted octanol–water partition coefficient (Wildman–Crippen LogP) is 3.67. The van der Waals surface area contributed by atoms with Crippen LogP contribution in [-0.4, -0.2) is 53.4 Å². The number of pyridine rings is 1. The van der Waals surface area contributed by atoms with E-state index in [4.69, 9.17) is 9.72 Å². The molecular weight excluding hydrogens is 366 g/mol. The molecule has 5 rings (SSSR count). The topological polar surface area (TPSA) is 75.3 Å². The molecule has 1 aliphatic heterocycles. The Morgan fingerprint density at radius 1 is 1.07 bits per heavy atom. The van der Waals surface area contributed by atoms with Crippen LogP contribution in [0, 0.1) is 0 Å². The molecule has 0 unspecified atom stereocenters. The Bertz CT molecular complexity index is 1220. The Balaban J connectivity index is 1.63. The van der Waals surface area contributed by atoms with Gasteiger partial charge < -0.3 is 14.6 Å². The minimum absolute atomic E-state index is 0.0117. The zero-order valence-corrected chi connectivity index (χ0v) is 15.7. The van der Waals surface area contributed by atoms with Crippen molar-refractivity contribution in [3.63, 3.8) is 0 Å². The first-order valence-electron chi connectivity index (χ1n) is 9.59. The van der Waals surface area contributed by atoms with Gasteiger partial charge in [0, 0.05) is 40.7 Å². The second-order valence-corrected chi connectivity index (χ2v) is 7.09. The second kappa shape index (κ2) is 7.14. The monoisotopic (exact) mass is 385 g/mol. The first-order chi connectivity index (χ1) is 14.2. The van der Waals surface area contributed by atoms with E-state index in [0.717, 1.165) is 34.0 Å². The van der Waals surface area contributed by atoms with Crippen LogP contribution >= 0.6 is 0 Å². The highest BCUT2D eigenvalue weighted by molar-refractivity contribution is 6.12. The fourth-order valence-electron chi connectivity index (χ4n) is 3.81. The van der Waals surface area contributed by atoms with Gasteiger partial charge in [0.1, 0.15) is 0 Å². The van der Waals surface area contributed by atoms with Crippen molar-refractivity contribution < 1.29 is 14.3 Å². The smallest absolute Gasteiger partial charge is 0.254 e. The predicted molar refractivity (Wildman–Crippen MR) is 111 cm³/mol. The van der Waals surface area contributed by atoms with Gasteiger partial charge in [-0.3, -0.25) is 9.59 Å². The highest BCUT2D eigenvalue weighted by Gasteiger charge is 2.20. The van der Waals surface area contributed by atoms with E-state index in [2.05, 4.69) is 4.98 Å². The number of morpholine rings is 1. The molecule has 1 fully saturated rings. The van der Waals surface area contributed by atoms with E-state index in [1.54, 1.807) is 11.0 Å². The van der Waals surface area contributed by atoms with Crippen molar-refractivity contribution in [2.45, 2.75) is 0 Å². The molecule has 0 bridgehead atoms. The number of nitrogens with one attached hydrogen (secondary N) is 1. The molecule has 144 valence electrons. The third-order valence-electron chi connectivity index (χ3n) is 5.33. The van der Waals surface area contributed by atoms with Crippen molar-refractivity contribution >= 4 is 34.1 Å². The number of ether oxygens (including phenoxy) is 1. The fraction of sp³-hybridized carbons (Fsp3) is 0.174. The molecule has 1 N–H and O–H groups in total. The number of fused-ring (bicyclic) bond motifs is 3. The number of benzene rings is 2. The number of nitrogens with zero attached hydrogens (tertiary/aromatic N) is 2. The van der Waals surface area contributed by atoms with E-state index in [9.17, 15) is 9.59 Å². The molecule has 3 heterocycles. The Morgan fingerprint density at radius 2 is 1.86 bits per heavy atom. The molecule has 1 saturated heterocycles. The lowest BCUT2D eigenvalue weighted by molar-refractivity contribution is 0.0303. The Kier molecular flexibility index (Phi) is 4.33. The number of carbonyl (C=O) groups excluding carboxylic acids is 2. The summed E-state index contributed by atoms with van der Waals surface area (Å²) < 4.78 is 5.33. The van der Waals surface area contributed by atoms with Gasteiger partial charge in [-0.1, -0.05) is 30.3 Å². The number of hydrogen-bond donors (Lipinski definition) is 1. The van der Waals surface area contributed by atoms with Crippen molar-refractivity contribution in [1.82, 2.24) is 14.9 Å². The van der Waals surface area contributed by atoms with Crippen LogP contribution < -0.4 is 0 Å². The third-order valence-corrected chi connectivity index (χ3v) is 5.33. The van der Waals surface area contributed by atoms with Crippen LogP contribution in [0.25, 0.3) is 33.2 Å². The van der Waals surface area contributed by atoms with Gasteiger partial charge >= 0.3 is 0 Å². The molecule has 2 aromatic heterocycles. The normalized spacial score (nSPS) is 14.4. The van der Waals surface area contributed by atoms with Gasteiger partial charge in [-0.15, -0.1) is 0 Å². The zero-order valence-electron chi connectivity index (χ0n) is 15.7. The van der Waals surface area contributed by atoms with Crippen LogP contribution in [0.5, 0.6) is 0 Å². The number of amides is 1. The number of hydrogen-bond acceptors (Lipinski definition) is 4. The molecule has 0 radical (unpaired) electrons. The summed E-state index contributed by atoms with van der Waals surface area (Å²) in [7, 11) is 0. The number of H-pyrrole nitrogens is 1. The van der Waals surface area contributed by atoms with Crippen LogP contribution in [0.3, 0.4) is 0 Å². The maximum atomic E-state index is 12.8. The molecular formula is C23H19N3O3. The van der Waals surface area contributed by atoms with Gasteiger partial charge in [0.25, 0.3) is 5.91 Å².